The molecule has 2 aromatic rings. The van der Waals surface area contributed by atoms with Gasteiger partial charge in [-0.05, 0) is 94.8 Å². The number of allylic oxidation sites excluding steroid dienone is 2. The molecule has 0 aliphatic rings. The van der Waals surface area contributed by atoms with Crippen molar-refractivity contribution in [2.75, 3.05) is 26.4 Å². The molecule has 0 heterocycles. The van der Waals surface area contributed by atoms with Crippen LogP contribution in [0.5, 0.6) is 0 Å². The Morgan fingerprint density at radius 1 is 0.667 bits per heavy atom. The Balaban J connectivity index is -0.000000818. The summed E-state index contributed by atoms with van der Waals surface area (Å²) < 4.78 is 10.5. The van der Waals surface area contributed by atoms with Crippen LogP contribution in [0.25, 0.3) is 0 Å². The summed E-state index contributed by atoms with van der Waals surface area (Å²) in [5.41, 5.74) is 7.50. The Kier molecular flexibility index (Phi) is 50.1. The summed E-state index contributed by atoms with van der Waals surface area (Å²) in [6.45, 7) is 21.5. The minimum Gasteiger partial charge on any atom is -0.505 e. The lowest BCUT2D eigenvalue weighted by Gasteiger charge is -2.04. The number of carbonyl (C=O) groups is 3. The molecule has 63 heavy (non-hydrogen) atoms. The number of benzene rings is 2. The predicted molar refractivity (Wildman–Crippen MR) is 261 cm³/mol. The quantitative estimate of drug-likeness (QED) is 0.0188. The molecule has 0 saturated heterocycles. The largest absolute Gasteiger partial charge is 0.505 e. The fourth-order valence-corrected chi connectivity index (χ4v) is 6.06. The average Bonchev–Trinajstić information content (AvgIpc) is 3.30. The van der Waals surface area contributed by atoms with Crippen molar-refractivity contribution >= 4 is 23.5 Å². The lowest BCUT2D eigenvalue weighted by Crippen LogP contribution is -2.05. The highest BCUT2D eigenvalue weighted by molar-refractivity contribution is 5.96. The third-order valence-electron chi connectivity index (χ3n) is 9.56. The molecule has 8 nitrogen and oxygen atoms in total. The number of hydrogen-bond donors (Lipinski definition) is 1. The molecule has 354 valence electrons. The first-order valence-corrected chi connectivity index (χ1v) is 23.8. The Morgan fingerprint density at radius 3 is 1.84 bits per heavy atom. The molecule has 0 amide bonds. The number of Topliss-reactive ketones (excluding diaryl/α,β-unsaturated/α-hetero) is 2. The topological polar surface area (TPSA) is 124 Å². The molecule has 0 aliphatic carbocycles. The zero-order valence-electron chi connectivity index (χ0n) is 40.5. The standard InChI is InChI=1S/C21H32O.C16H24O2.C15H24O3.C2H6.CO2/c1-3-21(22)17-12-10-8-6-4-5-7-9-11-15-20-16-13-14-19(2)18-20;1-3-12-18-13-6-5-7-16(17)15-10-8-14(4-2)9-11-15;1-3-10-15(17)11-8-6-5-7-9-12-18-13-14(16)4-2;1-2;2-1-3/h13-14,16,18,22H,1,4-12,15,17H2,2H3;8-11H,3-7,12-13H2,1-2H3;4-5,7H,2-3,6,8-13H2,1H3;1-2H3;. The van der Waals surface area contributed by atoms with Gasteiger partial charge in [0.25, 0.3) is 0 Å². The van der Waals surface area contributed by atoms with E-state index < -0.39 is 0 Å². The summed E-state index contributed by atoms with van der Waals surface area (Å²) in [5.74, 6) is 0.826. The van der Waals surface area contributed by atoms with E-state index >= 15 is 0 Å². The van der Waals surface area contributed by atoms with E-state index in [1.807, 2.05) is 51.1 Å². The number of aliphatic hydroxyl groups is 1. The van der Waals surface area contributed by atoms with Crippen molar-refractivity contribution in [3.05, 3.63) is 114 Å². The van der Waals surface area contributed by atoms with E-state index in [-0.39, 0.29) is 24.3 Å². The maximum Gasteiger partial charge on any atom is 0.373 e. The van der Waals surface area contributed by atoms with Gasteiger partial charge in [-0.15, -0.1) is 0 Å². The van der Waals surface area contributed by atoms with Crippen LogP contribution in [0.2, 0.25) is 0 Å². The smallest absolute Gasteiger partial charge is 0.373 e. The van der Waals surface area contributed by atoms with Crippen molar-refractivity contribution in [3.63, 3.8) is 0 Å². The average molecular weight is 875 g/mol. The van der Waals surface area contributed by atoms with Crippen LogP contribution in [0.4, 0.5) is 0 Å². The van der Waals surface area contributed by atoms with Crippen molar-refractivity contribution in [2.45, 2.75) is 183 Å². The fraction of sp³-hybridized carbons (Fsp3) is 0.582. The van der Waals surface area contributed by atoms with Gasteiger partial charge in [0.2, 0.25) is 0 Å². The highest BCUT2D eigenvalue weighted by Crippen LogP contribution is 2.14. The number of unbranched alkanes of at least 4 members (excludes halogenated alkanes) is 10. The van der Waals surface area contributed by atoms with Crippen LogP contribution in [-0.4, -0.2) is 55.0 Å². The minimum atomic E-state index is -0.0894. The second-order valence-corrected chi connectivity index (χ2v) is 15.1. The van der Waals surface area contributed by atoms with Crippen LogP contribution in [0.15, 0.2) is 91.4 Å². The van der Waals surface area contributed by atoms with E-state index in [1.165, 1.54) is 80.6 Å². The molecule has 8 heteroatoms. The van der Waals surface area contributed by atoms with Gasteiger partial charge in [0.15, 0.2) is 11.6 Å². The first-order valence-electron chi connectivity index (χ1n) is 23.8. The molecule has 2 rings (SSSR count). The van der Waals surface area contributed by atoms with Crippen molar-refractivity contribution in [1.82, 2.24) is 0 Å². The molecular weight excluding hydrogens is 789 g/mol. The van der Waals surface area contributed by atoms with E-state index in [9.17, 15) is 19.5 Å². The zero-order chi connectivity index (χ0) is 47.6. The van der Waals surface area contributed by atoms with E-state index in [0.717, 1.165) is 83.0 Å². The third kappa shape index (κ3) is 45.4. The molecule has 0 atom stereocenters. The van der Waals surface area contributed by atoms with Gasteiger partial charge >= 0.3 is 6.15 Å². The lowest BCUT2D eigenvalue weighted by atomic mass is 10.0. The fourth-order valence-electron chi connectivity index (χ4n) is 6.06. The number of aliphatic hydroxyl groups excluding tert-OH is 1. The van der Waals surface area contributed by atoms with Gasteiger partial charge in [-0.2, -0.15) is 9.59 Å². The summed E-state index contributed by atoms with van der Waals surface area (Å²) in [5, 5.41) is 9.22. The van der Waals surface area contributed by atoms with E-state index in [2.05, 4.69) is 70.0 Å². The first kappa shape index (κ1) is 62.8. The Labute approximate surface area is 383 Å². The van der Waals surface area contributed by atoms with Gasteiger partial charge in [-0.1, -0.05) is 165 Å². The van der Waals surface area contributed by atoms with E-state index in [0.29, 0.717) is 37.4 Å². The Morgan fingerprint density at radius 2 is 1.27 bits per heavy atom. The minimum absolute atomic E-state index is 0.0894. The van der Waals surface area contributed by atoms with Crippen molar-refractivity contribution in [1.29, 1.82) is 0 Å². The zero-order valence-corrected chi connectivity index (χ0v) is 40.5. The Hall–Kier alpha value is -4.45. The molecule has 0 fully saturated rings. The van der Waals surface area contributed by atoms with Crippen LogP contribution in [0, 0.1) is 6.92 Å². The molecule has 0 bridgehead atoms. The second kappa shape index (κ2) is 50.2. The SMILES string of the molecule is C=C=C(O)CCCCCCCCCCCc1cccc(C)c1.C=CC(=O)COCCC=CCCCC(=O)CCC.CC.CCCOCCCCC(=O)c1ccc(CC)cc1.O=C=O. The van der Waals surface area contributed by atoms with E-state index in [1.54, 1.807) is 0 Å². The van der Waals surface area contributed by atoms with Gasteiger partial charge in [0.05, 0.1) is 6.61 Å². The summed E-state index contributed by atoms with van der Waals surface area (Å²) in [6, 6.07) is 16.8. The highest BCUT2D eigenvalue weighted by Gasteiger charge is 2.05. The van der Waals surface area contributed by atoms with Crippen LogP contribution in [0.1, 0.15) is 190 Å². The number of carbonyl (C=O) groups excluding carboxylic acids is 5. The monoisotopic (exact) mass is 875 g/mol. The number of hydrogen-bond acceptors (Lipinski definition) is 8. The number of aryl methyl sites for hydroxylation is 3. The van der Waals surface area contributed by atoms with Crippen LogP contribution >= 0.6 is 0 Å². The molecule has 0 unspecified atom stereocenters. The summed E-state index contributed by atoms with van der Waals surface area (Å²) >= 11 is 0. The Bertz CT molecular complexity index is 1510. The van der Waals surface area contributed by atoms with Crippen LogP contribution < -0.4 is 0 Å². The molecular formula is C55H86O8. The molecule has 0 aliphatic heterocycles. The van der Waals surface area contributed by atoms with Gasteiger partial charge in [-0.25, -0.2) is 0 Å². The van der Waals surface area contributed by atoms with Gasteiger partial charge in [0, 0.05) is 44.5 Å². The normalized spacial score (nSPS) is 9.94. The molecule has 2 aromatic carbocycles. The molecule has 0 spiro atoms. The maximum absolute atomic E-state index is 11.9. The summed E-state index contributed by atoms with van der Waals surface area (Å²) in [4.78, 5) is 50.2. The van der Waals surface area contributed by atoms with Crippen molar-refractivity contribution in [3.8, 4) is 0 Å². The van der Waals surface area contributed by atoms with Crippen molar-refractivity contribution < 1.29 is 38.6 Å². The first-order chi connectivity index (χ1) is 30.6. The number of rotatable bonds is 33. The second-order valence-electron chi connectivity index (χ2n) is 15.1. The summed E-state index contributed by atoms with van der Waals surface area (Å²) in [7, 11) is 0. The molecule has 0 aromatic heterocycles. The van der Waals surface area contributed by atoms with Gasteiger partial charge < -0.3 is 14.6 Å². The van der Waals surface area contributed by atoms with E-state index in [4.69, 9.17) is 19.1 Å². The predicted octanol–water partition coefficient (Wildman–Crippen LogP) is 14.4. The van der Waals surface area contributed by atoms with Crippen molar-refractivity contribution in [2.24, 2.45) is 0 Å². The third-order valence-corrected chi connectivity index (χ3v) is 9.56. The number of ketones is 3. The van der Waals surface area contributed by atoms with Gasteiger partial charge in [-0.3, -0.25) is 14.4 Å². The molecule has 0 radical (unpaired) electrons. The van der Waals surface area contributed by atoms with Crippen LogP contribution in [0.3, 0.4) is 0 Å². The van der Waals surface area contributed by atoms with Gasteiger partial charge in [0.1, 0.15) is 18.1 Å². The lowest BCUT2D eigenvalue weighted by molar-refractivity contribution is -0.191. The number of ether oxygens (including phenoxy) is 2. The van der Waals surface area contributed by atoms with Crippen LogP contribution in [-0.2, 0) is 41.5 Å². The maximum atomic E-state index is 11.9. The highest BCUT2D eigenvalue weighted by atomic mass is 16.5. The summed E-state index contributed by atoms with van der Waals surface area (Å²) in [6.07, 6.45) is 28.8. The molecule has 0 saturated carbocycles. The molecule has 1 N–H and O–H groups in total.